The van der Waals surface area contributed by atoms with Crippen LogP contribution < -0.4 is 0 Å². The lowest BCUT2D eigenvalue weighted by Gasteiger charge is -2.49. The third-order valence-electron chi connectivity index (χ3n) is 4.36. The zero-order chi connectivity index (χ0) is 13.1. The highest BCUT2D eigenvalue weighted by Crippen LogP contribution is 2.42. The predicted octanol–water partition coefficient (Wildman–Crippen LogP) is 2.70. The van der Waals surface area contributed by atoms with Crippen LogP contribution in [0.4, 0.5) is 0 Å². The molecule has 1 aliphatic rings. The zero-order valence-corrected chi connectivity index (χ0v) is 12.0. The molecule has 1 rings (SSSR count). The molecule has 0 aromatic carbocycles. The molecule has 0 radical (unpaired) electrons. The van der Waals surface area contributed by atoms with E-state index in [1.165, 1.54) is 12.8 Å². The molecule has 0 N–H and O–H groups in total. The van der Waals surface area contributed by atoms with Crippen LogP contribution in [-0.2, 0) is 9.53 Å². The van der Waals surface area contributed by atoms with Gasteiger partial charge in [0.15, 0.2) is 0 Å². The molecule has 1 fully saturated rings. The molecule has 0 bridgehead atoms. The van der Waals surface area contributed by atoms with Gasteiger partial charge in [-0.3, -0.25) is 4.79 Å². The van der Waals surface area contributed by atoms with Crippen molar-refractivity contribution in [1.82, 2.24) is 4.90 Å². The Labute approximate surface area is 106 Å². The summed E-state index contributed by atoms with van der Waals surface area (Å²) in [5, 5.41) is 0. The Morgan fingerprint density at radius 2 is 2.00 bits per heavy atom. The van der Waals surface area contributed by atoms with Gasteiger partial charge in [0.05, 0.1) is 13.0 Å². The molecule has 3 unspecified atom stereocenters. The maximum atomic E-state index is 11.8. The van der Waals surface area contributed by atoms with Gasteiger partial charge in [-0.1, -0.05) is 20.3 Å². The van der Waals surface area contributed by atoms with E-state index in [0.717, 1.165) is 6.42 Å². The minimum atomic E-state index is -0.0536. The average molecular weight is 241 g/mol. The normalized spacial score (nSPS) is 33.8. The van der Waals surface area contributed by atoms with E-state index in [9.17, 15) is 4.79 Å². The van der Waals surface area contributed by atoms with Crippen molar-refractivity contribution < 1.29 is 9.53 Å². The summed E-state index contributed by atoms with van der Waals surface area (Å²) in [7, 11) is 4.18. The van der Waals surface area contributed by atoms with Crippen molar-refractivity contribution in [3.05, 3.63) is 0 Å². The van der Waals surface area contributed by atoms with E-state index in [2.05, 4.69) is 32.8 Å². The van der Waals surface area contributed by atoms with E-state index >= 15 is 0 Å². The molecule has 0 saturated heterocycles. The molecule has 100 valence electrons. The van der Waals surface area contributed by atoms with Crippen LogP contribution in [0.15, 0.2) is 0 Å². The molecule has 0 heterocycles. The number of carbonyl (C=O) groups excluding carboxylic acids is 1. The quantitative estimate of drug-likeness (QED) is 0.709. The Morgan fingerprint density at radius 3 is 2.53 bits per heavy atom. The molecular formula is C14H27NO2. The second-order valence-corrected chi connectivity index (χ2v) is 5.77. The minimum absolute atomic E-state index is 0.0100. The number of hydrogen-bond donors (Lipinski definition) is 0. The standard InChI is InChI=1S/C14H27NO2/c1-6-17-13(16)10-14(15(4)5)9-11(2)7-8-12(14)3/h11-12H,6-10H2,1-5H3. The number of hydrogen-bond acceptors (Lipinski definition) is 3. The molecular weight excluding hydrogens is 214 g/mol. The monoisotopic (exact) mass is 241 g/mol. The van der Waals surface area contributed by atoms with Gasteiger partial charge in [-0.25, -0.2) is 0 Å². The fourth-order valence-corrected chi connectivity index (χ4v) is 3.20. The van der Waals surface area contributed by atoms with Gasteiger partial charge in [0.25, 0.3) is 0 Å². The topological polar surface area (TPSA) is 29.5 Å². The van der Waals surface area contributed by atoms with E-state index in [0.29, 0.717) is 24.9 Å². The third kappa shape index (κ3) is 3.21. The van der Waals surface area contributed by atoms with E-state index in [-0.39, 0.29) is 11.5 Å². The number of nitrogens with zero attached hydrogens (tertiary/aromatic N) is 1. The van der Waals surface area contributed by atoms with Crippen LogP contribution in [-0.4, -0.2) is 37.1 Å². The van der Waals surface area contributed by atoms with Crippen LogP contribution in [0.5, 0.6) is 0 Å². The van der Waals surface area contributed by atoms with Gasteiger partial charge in [0.2, 0.25) is 0 Å². The third-order valence-corrected chi connectivity index (χ3v) is 4.36. The van der Waals surface area contributed by atoms with Crippen molar-refractivity contribution in [1.29, 1.82) is 0 Å². The highest BCUT2D eigenvalue weighted by molar-refractivity contribution is 5.71. The highest BCUT2D eigenvalue weighted by Gasteiger charge is 2.44. The van der Waals surface area contributed by atoms with E-state index in [1.54, 1.807) is 0 Å². The maximum absolute atomic E-state index is 11.8. The smallest absolute Gasteiger partial charge is 0.307 e. The Morgan fingerprint density at radius 1 is 1.35 bits per heavy atom. The zero-order valence-electron chi connectivity index (χ0n) is 12.0. The number of rotatable bonds is 4. The first kappa shape index (κ1) is 14.5. The first-order chi connectivity index (χ1) is 7.92. The highest BCUT2D eigenvalue weighted by atomic mass is 16.5. The summed E-state index contributed by atoms with van der Waals surface area (Å²) in [6, 6.07) is 0. The lowest BCUT2D eigenvalue weighted by molar-refractivity contribution is -0.148. The molecule has 17 heavy (non-hydrogen) atoms. The maximum Gasteiger partial charge on any atom is 0.307 e. The summed E-state index contributed by atoms with van der Waals surface area (Å²) in [6.07, 6.45) is 4.11. The molecule has 0 aromatic rings. The van der Waals surface area contributed by atoms with Crippen LogP contribution in [0, 0.1) is 11.8 Å². The fraction of sp³-hybridized carbons (Fsp3) is 0.929. The van der Waals surface area contributed by atoms with Crippen molar-refractivity contribution in [3.8, 4) is 0 Å². The Hall–Kier alpha value is -0.570. The van der Waals surface area contributed by atoms with Gasteiger partial charge >= 0.3 is 5.97 Å². The lowest BCUT2D eigenvalue weighted by atomic mass is 9.67. The summed E-state index contributed by atoms with van der Waals surface area (Å²) in [5.41, 5.74) is -0.0100. The summed E-state index contributed by atoms with van der Waals surface area (Å²) in [5.74, 6) is 1.20. The molecule has 0 aromatic heterocycles. The van der Waals surface area contributed by atoms with Gasteiger partial charge in [-0.05, 0) is 45.7 Å². The lowest BCUT2D eigenvalue weighted by Crippen LogP contribution is -2.54. The Kier molecular flexibility index (Phi) is 4.99. The largest absolute Gasteiger partial charge is 0.466 e. The summed E-state index contributed by atoms with van der Waals surface area (Å²) in [6.45, 7) is 6.90. The number of esters is 1. The van der Waals surface area contributed by atoms with Crippen molar-refractivity contribution in [2.24, 2.45) is 11.8 Å². The SMILES string of the molecule is CCOC(=O)CC1(N(C)C)CC(C)CCC1C. The average Bonchev–Trinajstić information content (AvgIpc) is 2.23. The molecule has 0 spiro atoms. The molecule has 0 amide bonds. The van der Waals surface area contributed by atoms with Crippen LogP contribution in [0.1, 0.15) is 46.5 Å². The fourth-order valence-electron chi connectivity index (χ4n) is 3.20. The Balaban J connectivity index is 2.83. The number of ether oxygens (including phenoxy) is 1. The van der Waals surface area contributed by atoms with Gasteiger partial charge in [-0.15, -0.1) is 0 Å². The van der Waals surface area contributed by atoms with Gasteiger partial charge in [0.1, 0.15) is 0 Å². The predicted molar refractivity (Wildman–Crippen MR) is 69.8 cm³/mol. The van der Waals surface area contributed by atoms with E-state index in [4.69, 9.17) is 4.74 Å². The second kappa shape index (κ2) is 5.85. The van der Waals surface area contributed by atoms with E-state index in [1.807, 2.05) is 6.92 Å². The molecule has 1 aliphatic carbocycles. The molecule has 1 saturated carbocycles. The van der Waals surface area contributed by atoms with Crippen molar-refractivity contribution in [3.63, 3.8) is 0 Å². The molecule has 0 aliphatic heterocycles. The van der Waals surface area contributed by atoms with Crippen LogP contribution >= 0.6 is 0 Å². The van der Waals surface area contributed by atoms with Gasteiger partial charge < -0.3 is 9.64 Å². The van der Waals surface area contributed by atoms with Crippen LogP contribution in [0.25, 0.3) is 0 Å². The first-order valence-corrected chi connectivity index (χ1v) is 6.75. The van der Waals surface area contributed by atoms with Crippen LogP contribution in [0.2, 0.25) is 0 Å². The Bertz CT molecular complexity index is 265. The van der Waals surface area contributed by atoms with Gasteiger partial charge in [-0.2, -0.15) is 0 Å². The minimum Gasteiger partial charge on any atom is -0.466 e. The van der Waals surface area contributed by atoms with Crippen LogP contribution in [0.3, 0.4) is 0 Å². The van der Waals surface area contributed by atoms with Crippen molar-refractivity contribution in [2.75, 3.05) is 20.7 Å². The summed E-state index contributed by atoms with van der Waals surface area (Å²) < 4.78 is 5.14. The van der Waals surface area contributed by atoms with Crippen molar-refractivity contribution >= 4 is 5.97 Å². The summed E-state index contributed by atoms with van der Waals surface area (Å²) in [4.78, 5) is 14.1. The molecule has 3 atom stereocenters. The second-order valence-electron chi connectivity index (χ2n) is 5.77. The first-order valence-electron chi connectivity index (χ1n) is 6.75. The molecule has 3 nitrogen and oxygen atoms in total. The van der Waals surface area contributed by atoms with Gasteiger partial charge in [0, 0.05) is 5.54 Å². The number of carbonyl (C=O) groups is 1. The van der Waals surface area contributed by atoms with E-state index < -0.39 is 0 Å². The molecule has 3 heteroatoms. The summed E-state index contributed by atoms with van der Waals surface area (Å²) >= 11 is 0. The van der Waals surface area contributed by atoms with Crippen molar-refractivity contribution in [2.45, 2.75) is 52.0 Å².